The van der Waals surface area contributed by atoms with Gasteiger partial charge in [-0.1, -0.05) is 20.8 Å². The third-order valence-electron chi connectivity index (χ3n) is 6.30. The number of ether oxygens (including phenoxy) is 1. The van der Waals surface area contributed by atoms with Gasteiger partial charge in [0.1, 0.15) is 0 Å². The van der Waals surface area contributed by atoms with Crippen molar-refractivity contribution in [3.63, 3.8) is 0 Å². The number of hydrogen-bond acceptors (Lipinski definition) is 5. The summed E-state index contributed by atoms with van der Waals surface area (Å²) in [6.07, 6.45) is 5.20. The molecule has 0 radical (unpaired) electrons. The predicted molar refractivity (Wildman–Crippen MR) is 112 cm³/mol. The van der Waals surface area contributed by atoms with Crippen molar-refractivity contribution in [1.29, 1.82) is 0 Å². The van der Waals surface area contributed by atoms with Gasteiger partial charge in [-0.3, -0.25) is 9.48 Å². The Balaban J connectivity index is 1.34. The standard InChI is InChI=1S/C22H33N5O2/c1-22(2,3)20-5-6-21(28)27(24-20)14-16-7-10-26(11-8-16)15-19-17-13-23-25(4)18(17)9-12-29-19/h5-6,13,16,19H,7-12,14-15H2,1-4H3. The Morgan fingerprint density at radius 1 is 1.17 bits per heavy atom. The minimum Gasteiger partial charge on any atom is -0.372 e. The number of nitrogens with zero attached hydrogens (tertiary/aromatic N) is 5. The van der Waals surface area contributed by atoms with Crippen LogP contribution >= 0.6 is 0 Å². The van der Waals surface area contributed by atoms with Crippen LogP contribution in [-0.4, -0.2) is 50.7 Å². The number of aromatic nitrogens is 4. The second-order valence-electron chi connectivity index (χ2n) is 9.51. The highest BCUT2D eigenvalue weighted by Crippen LogP contribution is 2.29. The molecule has 7 nitrogen and oxygen atoms in total. The fourth-order valence-corrected chi connectivity index (χ4v) is 4.40. The maximum atomic E-state index is 12.3. The first-order valence-electron chi connectivity index (χ1n) is 10.7. The fraction of sp³-hybridized carbons (Fsp3) is 0.682. The fourth-order valence-electron chi connectivity index (χ4n) is 4.40. The summed E-state index contributed by atoms with van der Waals surface area (Å²) in [5.41, 5.74) is 3.47. The van der Waals surface area contributed by atoms with E-state index >= 15 is 0 Å². The molecule has 2 aromatic rings. The highest BCUT2D eigenvalue weighted by molar-refractivity contribution is 5.23. The van der Waals surface area contributed by atoms with Crippen LogP contribution in [0.5, 0.6) is 0 Å². The Morgan fingerprint density at radius 2 is 1.93 bits per heavy atom. The normalized spacial score (nSPS) is 21.3. The van der Waals surface area contributed by atoms with E-state index in [-0.39, 0.29) is 17.1 Å². The zero-order valence-corrected chi connectivity index (χ0v) is 18.1. The molecule has 4 rings (SSSR count). The molecule has 7 heteroatoms. The molecule has 0 bridgehead atoms. The van der Waals surface area contributed by atoms with E-state index in [2.05, 4.69) is 35.9 Å². The second kappa shape index (κ2) is 8.03. The molecule has 1 atom stereocenters. The van der Waals surface area contributed by atoms with Crippen LogP contribution in [0.4, 0.5) is 0 Å². The van der Waals surface area contributed by atoms with Gasteiger partial charge in [-0.05, 0) is 37.9 Å². The number of piperidine rings is 1. The SMILES string of the molecule is Cn1ncc2c1CCOC2CN1CCC(Cn2nc(C(C)(C)C)ccc2=O)CC1. The molecule has 0 aliphatic carbocycles. The molecule has 2 aliphatic heterocycles. The lowest BCUT2D eigenvalue weighted by molar-refractivity contribution is 0.00699. The molecule has 0 aromatic carbocycles. The van der Waals surface area contributed by atoms with Gasteiger partial charge in [0.05, 0.1) is 24.6 Å². The third kappa shape index (κ3) is 4.46. The van der Waals surface area contributed by atoms with Crippen LogP contribution in [0, 0.1) is 5.92 Å². The van der Waals surface area contributed by atoms with Gasteiger partial charge in [0.15, 0.2) is 0 Å². The molecular formula is C22H33N5O2. The Labute approximate surface area is 172 Å². The van der Waals surface area contributed by atoms with Crippen LogP contribution in [0.25, 0.3) is 0 Å². The lowest BCUT2D eigenvalue weighted by Crippen LogP contribution is -2.40. The zero-order valence-electron chi connectivity index (χ0n) is 18.1. The summed E-state index contributed by atoms with van der Waals surface area (Å²) in [6.45, 7) is 10.9. The summed E-state index contributed by atoms with van der Waals surface area (Å²) in [7, 11) is 2.01. The molecule has 0 spiro atoms. The van der Waals surface area contributed by atoms with Gasteiger partial charge in [0.25, 0.3) is 5.56 Å². The van der Waals surface area contributed by atoms with Crippen LogP contribution in [0.1, 0.15) is 56.7 Å². The number of likely N-dealkylation sites (tertiary alicyclic amines) is 1. The molecule has 0 amide bonds. The monoisotopic (exact) mass is 399 g/mol. The van der Waals surface area contributed by atoms with Gasteiger partial charge in [-0.2, -0.15) is 10.2 Å². The summed E-state index contributed by atoms with van der Waals surface area (Å²) in [5.74, 6) is 0.493. The number of fused-ring (bicyclic) bond motifs is 1. The lowest BCUT2D eigenvalue weighted by Gasteiger charge is -2.35. The molecule has 2 aliphatic rings. The van der Waals surface area contributed by atoms with Crippen LogP contribution in [0.15, 0.2) is 23.1 Å². The van der Waals surface area contributed by atoms with Gasteiger partial charge in [0, 0.05) is 49.3 Å². The van der Waals surface area contributed by atoms with Gasteiger partial charge < -0.3 is 9.64 Å². The predicted octanol–water partition coefficient (Wildman–Crippen LogP) is 2.30. The number of hydrogen-bond donors (Lipinski definition) is 0. The van der Waals surface area contributed by atoms with Crippen molar-refractivity contribution in [2.45, 2.75) is 58.1 Å². The molecule has 2 aromatic heterocycles. The average Bonchev–Trinajstić information content (AvgIpc) is 3.06. The van der Waals surface area contributed by atoms with Crippen LogP contribution in [0.2, 0.25) is 0 Å². The minimum absolute atomic E-state index is 0.000132. The molecule has 1 fully saturated rings. The van der Waals surface area contributed by atoms with E-state index in [0.29, 0.717) is 12.5 Å². The molecule has 0 N–H and O–H groups in total. The maximum Gasteiger partial charge on any atom is 0.266 e. The number of rotatable bonds is 4. The minimum atomic E-state index is -0.0516. The smallest absolute Gasteiger partial charge is 0.266 e. The first-order chi connectivity index (χ1) is 13.8. The van der Waals surface area contributed by atoms with Crippen molar-refractivity contribution < 1.29 is 4.74 Å². The average molecular weight is 400 g/mol. The lowest BCUT2D eigenvalue weighted by atomic mass is 9.92. The molecule has 4 heterocycles. The van der Waals surface area contributed by atoms with E-state index in [1.54, 1.807) is 10.7 Å². The van der Waals surface area contributed by atoms with Crippen molar-refractivity contribution in [3.05, 3.63) is 45.6 Å². The first-order valence-corrected chi connectivity index (χ1v) is 10.7. The summed E-state index contributed by atoms with van der Waals surface area (Å²) in [4.78, 5) is 14.8. The maximum absolute atomic E-state index is 12.3. The van der Waals surface area contributed by atoms with E-state index in [1.165, 1.54) is 11.3 Å². The molecule has 29 heavy (non-hydrogen) atoms. The highest BCUT2D eigenvalue weighted by Gasteiger charge is 2.28. The largest absolute Gasteiger partial charge is 0.372 e. The van der Waals surface area contributed by atoms with Gasteiger partial charge >= 0.3 is 0 Å². The number of aryl methyl sites for hydroxylation is 1. The van der Waals surface area contributed by atoms with E-state index in [4.69, 9.17) is 4.74 Å². The molecule has 1 unspecified atom stereocenters. The summed E-state index contributed by atoms with van der Waals surface area (Å²) in [6, 6.07) is 3.52. The highest BCUT2D eigenvalue weighted by atomic mass is 16.5. The Kier molecular flexibility index (Phi) is 5.62. The van der Waals surface area contributed by atoms with Crippen molar-refractivity contribution in [2.24, 2.45) is 13.0 Å². The van der Waals surface area contributed by atoms with E-state index in [9.17, 15) is 4.79 Å². The molecule has 158 valence electrons. The van der Waals surface area contributed by atoms with Crippen molar-refractivity contribution in [1.82, 2.24) is 24.5 Å². The molecular weight excluding hydrogens is 366 g/mol. The van der Waals surface area contributed by atoms with Crippen LogP contribution < -0.4 is 5.56 Å². The van der Waals surface area contributed by atoms with Crippen molar-refractivity contribution in [2.75, 3.05) is 26.2 Å². The Morgan fingerprint density at radius 3 is 2.66 bits per heavy atom. The molecule has 0 saturated carbocycles. The zero-order chi connectivity index (χ0) is 20.6. The van der Waals surface area contributed by atoms with E-state index in [1.807, 2.05) is 24.0 Å². The third-order valence-corrected chi connectivity index (χ3v) is 6.30. The van der Waals surface area contributed by atoms with E-state index in [0.717, 1.165) is 51.2 Å². The van der Waals surface area contributed by atoms with Gasteiger partial charge in [-0.15, -0.1) is 0 Å². The van der Waals surface area contributed by atoms with E-state index < -0.39 is 0 Å². The second-order valence-corrected chi connectivity index (χ2v) is 9.51. The van der Waals surface area contributed by atoms with Gasteiger partial charge in [-0.25, -0.2) is 4.68 Å². The quantitative estimate of drug-likeness (QED) is 0.789. The topological polar surface area (TPSA) is 65.2 Å². The van der Waals surface area contributed by atoms with Crippen LogP contribution in [-0.2, 0) is 30.2 Å². The first kappa shape index (κ1) is 20.3. The van der Waals surface area contributed by atoms with Gasteiger partial charge in [0.2, 0.25) is 0 Å². The van der Waals surface area contributed by atoms with Crippen molar-refractivity contribution >= 4 is 0 Å². The van der Waals surface area contributed by atoms with Crippen molar-refractivity contribution in [3.8, 4) is 0 Å². The van der Waals surface area contributed by atoms with Crippen LogP contribution in [0.3, 0.4) is 0 Å². The molecule has 1 saturated heterocycles. The summed E-state index contributed by atoms with van der Waals surface area (Å²) < 4.78 is 9.71. The Hall–Kier alpha value is -1.99. The summed E-state index contributed by atoms with van der Waals surface area (Å²) in [5, 5.41) is 9.05. The Bertz CT molecular complexity index is 903. The summed E-state index contributed by atoms with van der Waals surface area (Å²) >= 11 is 0.